The molecule has 0 heterocycles. The predicted octanol–water partition coefficient (Wildman–Crippen LogP) is 6.40. The summed E-state index contributed by atoms with van der Waals surface area (Å²) in [4.78, 5) is 0.0801. The van der Waals surface area contributed by atoms with Crippen molar-refractivity contribution >= 4 is 47.8 Å². The third-order valence-corrected chi connectivity index (χ3v) is 5.14. The number of aryl methyl sites for hydroxylation is 1. The van der Waals surface area contributed by atoms with E-state index in [0.717, 1.165) is 20.3 Å². The summed E-state index contributed by atoms with van der Waals surface area (Å²) >= 11 is 11.0. The normalized spacial score (nSPS) is 12.2. The highest BCUT2D eigenvalue weighted by atomic mass is 79.9. The van der Waals surface area contributed by atoms with Crippen molar-refractivity contribution in [2.75, 3.05) is 6.61 Å². The van der Waals surface area contributed by atoms with Gasteiger partial charge >= 0.3 is 0 Å². The molecule has 0 radical (unpaired) electrons. The summed E-state index contributed by atoms with van der Waals surface area (Å²) in [6.07, 6.45) is 0. The molecule has 0 saturated heterocycles. The average Bonchev–Trinajstić information content (AvgIpc) is 2.40. The van der Waals surface area contributed by atoms with Crippen LogP contribution < -0.4 is 4.74 Å². The first-order chi connectivity index (χ1) is 9.52. The Bertz CT molecular complexity index is 611. The molecule has 20 heavy (non-hydrogen) atoms. The number of hydrogen-bond acceptors (Lipinski definition) is 1. The molecule has 0 aromatic heterocycles. The van der Waals surface area contributed by atoms with Gasteiger partial charge in [0.2, 0.25) is 0 Å². The minimum atomic E-state index is 0.0801. The van der Waals surface area contributed by atoms with Crippen LogP contribution in [0.1, 0.15) is 28.4 Å². The third-order valence-electron chi connectivity index (χ3n) is 2.97. The number of rotatable bonds is 4. The van der Waals surface area contributed by atoms with Crippen molar-refractivity contribution in [2.45, 2.75) is 18.7 Å². The fourth-order valence-electron chi connectivity index (χ4n) is 2.01. The van der Waals surface area contributed by atoms with Gasteiger partial charge in [0.25, 0.3) is 0 Å². The van der Waals surface area contributed by atoms with Crippen LogP contribution in [0.5, 0.6) is 5.75 Å². The Morgan fingerprint density at radius 3 is 2.45 bits per heavy atom. The van der Waals surface area contributed by atoms with E-state index in [4.69, 9.17) is 4.74 Å². The maximum atomic E-state index is 5.73. The fraction of sp³-hybridized carbons (Fsp3) is 0.250. The monoisotopic (exact) mass is 460 g/mol. The highest BCUT2D eigenvalue weighted by molar-refractivity contribution is 9.11. The Hall–Kier alpha value is -0.320. The number of alkyl halides is 1. The van der Waals surface area contributed by atoms with Crippen LogP contribution in [-0.4, -0.2) is 6.61 Å². The molecule has 1 nitrogen and oxygen atoms in total. The second-order valence-corrected chi connectivity index (χ2v) is 7.19. The van der Waals surface area contributed by atoms with Gasteiger partial charge in [-0.3, -0.25) is 0 Å². The van der Waals surface area contributed by atoms with Crippen LogP contribution in [0.25, 0.3) is 0 Å². The molecule has 0 aliphatic carbocycles. The van der Waals surface area contributed by atoms with Crippen LogP contribution in [0, 0.1) is 6.92 Å². The van der Waals surface area contributed by atoms with Gasteiger partial charge in [0.15, 0.2) is 0 Å². The minimum Gasteiger partial charge on any atom is -0.494 e. The van der Waals surface area contributed by atoms with Crippen molar-refractivity contribution in [1.82, 2.24) is 0 Å². The largest absolute Gasteiger partial charge is 0.494 e. The van der Waals surface area contributed by atoms with E-state index in [9.17, 15) is 0 Å². The van der Waals surface area contributed by atoms with E-state index in [1.54, 1.807) is 0 Å². The second kappa shape index (κ2) is 7.10. The van der Waals surface area contributed by atoms with E-state index in [1.807, 2.05) is 19.1 Å². The Balaban J connectivity index is 2.46. The van der Waals surface area contributed by atoms with Crippen LogP contribution in [0.3, 0.4) is 0 Å². The molecule has 0 saturated carbocycles. The molecule has 1 atom stereocenters. The molecule has 0 bridgehead atoms. The summed E-state index contributed by atoms with van der Waals surface area (Å²) in [5.41, 5.74) is 3.54. The van der Waals surface area contributed by atoms with Crippen LogP contribution in [-0.2, 0) is 0 Å². The molecule has 106 valence electrons. The Labute approximate surface area is 145 Å². The molecule has 0 spiro atoms. The molecule has 4 heteroatoms. The lowest BCUT2D eigenvalue weighted by Crippen LogP contribution is -2.01. The van der Waals surface area contributed by atoms with Crippen LogP contribution >= 0.6 is 47.8 Å². The standard InChI is InChI=1S/C16H15Br3O/c1-3-20-15-7-5-11(17)9-13(15)16(19)12-6-4-10(2)8-14(12)18/h4-9,16H,3H2,1-2H3. The van der Waals surface area contributed by atoms with Crippen LogP contribution in [0.4, 0.5) is 0 Å². The third kappa shape index (κ3) is 3.66. The minimum absolute atomic E-state index is 0.0801. The zero-order valence-corrected chi connectivity index (χ0v) is 16.0. The molecule has 0 aliphatic rings. The highest BCUT2D eigenvalue weighted by Gasteiger charge is 2.18. The van der Waals surface area contributed by atoms with Crippen molar-refractivity contribution < 1.29 is 4.74 Å². The van der Waals surface area contributed by atoms with Gasteiger partial charge in [-0.05, 0) is 49.2 Å². The lowest BCUT2D eigenvalue weighted by Gasteiger charge is -2.17. The zero-order valence-electron chi connectivity index (χ0n) is 11.3. The molecule has 0 N–H and O–H groups in total. The van der Waals surface area contributed by atoms with E-state index < -0.39 is 0 Å². The van der Waals surface area contributed by atoms with Crippen LogP contribution in [0.2, 0.25) is 0 Å². The highest BCUT2D eigenvalue weighted by Crippen LogP contribution is 2.41. The molecule has 0 fully saturated rings. The Kier molecular flexibility index (Phi) is 5.70. The molecule has 2 aromatic carbocycles. The quantitative estimate of drug-likeness (QED) is 0.477. The van der Waals surface area contributed by atoms with E-state index in [0.29, 0.717) is 6.61 Å². The fourth-order valence-corrected chi connectivity index (χ4v) is 4.17. The van der Waals surface area contributed by atoms with Crippen molar-refractivity contribution in [2.24, 2.45) is 0 Å². The van der Waals surface area contributed by atoms with Crippen molar-refractivity contribution in [1.29, 1.82) is 0 Å². The van der Waals surface area contributed by atoms with Gasteiger partial charge in [-0.1, -0.05) is 59.9 Å². The molecule has 2 rings (SSSR count). The summed E-state index contributed by atoms with van der Waals surface area (Å²) in [6.45, 7) is 4.74. The SMILES string of the molecule is CCOc1ccc(Br)cc1C(Br)c1ccc(C)cc1Br. The summed E-state index contributed by atoms with van der Waals surface area (Å²) in [6, 6.07) is 12.5. The second-order valence-electron chi connectivity index (χ2n) is 4.50. The number of ether oxygens (including phenoxy) is 1. The van der Waals surface area contributed by atoms with E-state index in [-0.39, 0.29) is 4.83 Å². The summed E-state index contributed by atoms with van der Waals surface area (Å²) in [5, 5.41) is 0. The summed E-state index contributed by atoms with van der Waals surface area (Å²) in [5.74, 6) is 0.907. The van der Waals surface area contributed by atoms with Crippen molar-refractivity contribution in [3.05, 3.63) is 62.0 Å². The van der Waals surface area contributed by atoms with Gasteiger partial charge in [0, 0.05) is 14.5 Å². The number of hydrogen-bond donors (Lipinski definition) is 0. The smallest absolute Gasteiger partial charge is 0.124 e. The lowest BCUT2D eigenvalue weighted by atomic mass is 10.0. The molecular formula is C16H15Br3O. The molecule has 0 amide bonds. The van der Waals surface area contributed by atoms with E-state index >= 15 is 0 Å². The summed E-state index contributed by atoms with van der Waals surface area (Å²) < 4.78 is 7.88. The maximum Gasteiger partial charge on any atom is 0.124 e. The first kappa shape index (κ1) is 16.1. The van der Waals surface area contributed by atoms with Gasteiger partial charge in [-0.2, -0.15) is 0 Å². The first-order valence-electron chi connectivity index (χ1n) is 6.35. The number of halogens is 3. The van der Waals surface area contributed by atoms with Gasteiger partial charge in [0.1, 0.15) is 5.75 Å². The first-order valence-corrected chi connectivity index (χ1v) is 8.85. The Morgan fingerprint density at radius 2 is 1.80 bits per heavy atom. The van der Waals surface area contributed by atoms with Gasteiger partial charge < -0.3 is 4.74 Å². The molecular weight excluding hydrogens is 448 g/mol. The average molecular weight is 463 g/mol. The summed E-state index contributed by atoms with van der Waals surface area (Å²) in [7, 11) is 0. The topological polar surface area (TPSA) is 9.23 Å². The van der Waals surface area contributed by atoms with Crippen molar-refractivity contribution in [3.63, 3.8) is 0 Å². The molecule has 1 unspecified atom stereocenters. The van der Waals surface area contributed by atoms with Crippen LogP contribution in [0.15, 0.2) is 45.3 Å². The number of benzene rings is 2. The Morgan fingerprint density at radius 1 is 1.05 bits per heavy atom. The molecule has 0 aliphatic heterocycles. The predicted molar refractivity (Wildman–Crippen MR) is 95.0 cm³/mol. The maximum absolute atomic E-state index is 5.73. The lowest BCUT2D eigenvalue weighted by molar-refractivity contribution is 0.337. The van der Waals surface area contributed by atoms with Gasteiger partial charge in [0.05, 0.1) is 11.4 Å². The zero-order chi connectivity index (χ0) is 14.7. The van der Waals surface area contributed by atoms with Crippen molar-refractivity contribution in [3.8, 4) is 5.75 Å². The molecule has 2 aromatic rings. The van der Waals surface area contributed by atoms with Gasteiger partial charge in [-0.15, -0.1) is 0 Å². The van der Waals surface area contributed by atoms with E-state index in [2.05, 4.69) is 79.0 Å². The van der Waals surface area contributed by atoms with Gasteiger partial charge in [-0.25, -0.2) is 0 Å². The van der Waals surface area contributed by atoms with E-state index in [1.165, 1.54) is 11.1 Å².